The fraction of sp³-hybridized carbons (Fsp3) is 0.778. The fourth-order valence-electron chi connectivity index (χ4n) is 1.98. The van der Waals surface area contributed by atoms with Crippen molar-refractivity contribution in [2.45, 2.75) is 25.0 Å². The second kappa shape index (κ2) is 3.20. The molecule has 1 N–H and O–H groups in total. The summed E-state index contributed by atoms with van der Waals surface area (Å²) >= 11 is 2.05. The van der Waals surface area contributed by atoms with Crippen LogP contribution in [0.5, 0.6) is 0 Å². The molecule has 0 aromatic carbocycles. The quantitative estimate of drug-likeness (QED) is 0.595. The Hall–Kier alpha value is 0.0500. The maximum absolute atomic E-state index is 3.46. The van der Waals surface area contributed by atoms with Crippen LogP contribution in [-0.2, 0) is 0 Å². The standard InChI is InChI=1S/C9H15NS/c1-7-6-11-9-3-5-10-4-2-8(7)9/h6,8-10H,2-5H2,1H3. The predicted molar refractivity (Wildman–Crippen MR) is 50.7 cm³/mol. The lowest BCUT2D eigenvalue weighted by atomic mass is 9.94. The summed E-state index contributed by atoms with van der Waals surface area (Å²) in [7, 11) is 0. The van der Waals surface area contributed by atoms with Crippen molar-refractivity contribution in [3.63, 3.8) is 0 Å². The Morgan fingerprint density at radius 3 is 3.18 bits per heavy atom. The van der Waals surface area contributed by atoms with Crippen molar-refractivity contribution in [2.75, 3.05) is 13.1 Å². The van der Waals surface area contributed by atoms with Crippen LogP contribution in [0.4, 0.5) is 0 Å². The third kappa shape index (κ3) is 1.47. The second-order valence-corrected chi connectivity index (χ2v) is 4.58. The topological polar surface area (TPSA) is 12.0 Å². The Morgan fingerprint density at radius 1 is 1.45 bits per heavy atom. The summed E-state index contributed by atoms with van der Waals surface area (Å²) in [5.41, 5.74) is 1.61. The van der Waals surface area contributed by atoms with Gasteiger partial charge in [0.1, 0.15) is 0 Å². The molecule has 2 aliphatic rings. The Bertz CT molecular complexity index is 176. The zero-order valence-corrected chi connectivity index (χ0v) is 7.79. The second-order valence-electron chi connectivity index (χ2n) is 3.47. The van der Waals surface area contributed by atoms with Crippen molar-refractivity contribution in [2.24, 2.45) is 5.92 Å². The summed E-state index contributed by atoms with van der Waals surface area (Å²) < 4.78 is 0. The fourth-order valence-corrected chi connectivity index (χ4v) is 3.34. The highest BCUT2D eigenvalue weighted by Crippen LogP contribution is 2.39. The normalized spacial score (nSPS) is 37.7. The van der Waals surface area contributed by atoms with Gasteiger partial charge in [-0.05, 0) is 44.2 Å². The molecule has 1 saturated heterocycles. The summed E-state index contributed by atoms with van der Waals surface area (Å²) in [5.74, 6) is 0.884. The molecule has 2 heterocycles. The van der Waals surface area contributed by atoms with Gasteiger partial charge in [-0.3, -0.25) is 0 Å². The number of hydrogen-bond donors (Lipinski definition) is 1. The first kappa shape index (κ1) is 7.69. The zero-order valence-electron chi connectivity index (χ0n) is 6.97. The average Bonchev–Trinajstić information content (AvgIpc) is 2.25. The van der Waals surface area contributed by atoms with Gasteiger partial charge in [-0.25, -0.2) is 0 Å². The number of allylic oxidation sites excluding steroid dienone is 1. The molecule has 0 bridgehead atoms. The van der Waals surface area contributed by atoms with Crippen LogP contribution in [0.25, 0.3) is 0 Å². The minimum atomic E-state index is 0.884. The zero-order chi connectivity index (χ0) is 7.68. The van der Waals surface area contributed by atoms with Gasteiger partial charge in [-0.15, -0.1) is 11.8 Å². The van der Waals surface area contributed by atoms with E-state index in [-0.39, 0.29) is 0 Å². The highest BCUT2D eigenvalue weighted by atomic mass is 32.2. The molecule has 62 valence electrons. The monoisotopic (exact) mass is 169 g/mol. The van der Waals surface area contributed by atoms with Crippen LogP contribution in [-0.4, -0.2) is 18.3 Å². The van der Waals surface area contributed by atoms with Crippen molar-refractivity contribution in [3.8, 4) is 0 Å². The third-order valence-corrected chi connectivity index (χ3v) is 4.12. The van der Waals surface area contributed by atoms with Gasteiger partial charge in [0.2, 0.25) is 0 Å². The number of nitrogens with one attached hydrogen (secondary N) is 1. The van der Waals surface area contributed by atoms with Gasteiger partial charge in [0.05, 0.1) is 0 Å². The van der Waals surface area contributed by atoms with Crippen LogP contribution in [0.3, 0.4) is 0 Å². The number of thioether (sulfide) groups is 1. The molecule has 1 fully saturated rings. The lowest BCUT2D eigenvalue weighted by Crippen LogP contribution is -2.14. The van der Waals surface area contributed by atoms with Gasteiger partial charge < -0.3 is 5.32 Å². The molecule has 0 spiro atoms. The van der Waals surface area contributed by atoms with Gasteiger partial charge in [-0.2, -0.15) is 0 Å². The number of fused-ring (bicyclic) bond motifs is 1. The van der Waals surface area contributed by atoms with Gasteiger partial charge in [-0.1, -0.05) is 5.57 Å². The minimum absolute atomic E-state index is 0.884. The summed E-state index contributed by atoms with van der Waals surface area (Å²) in [6, 6.07) is 0. The van der Waals surface area contributed by atoms with E-state index in [0.29, 0.717) is 0 Å². The maximum atomic E-state index is 3.46. The Balaban J connectivity index is 2.06. The highest BCUT2D eigenvalue weighted by Gasteiger charge is 2.28. The largest absolute Gasteiger partial charge is 0.317 e. The van der Waals surface area contributed by atoms with Crippen LogP contribution in [0.1, 0.15) is 19.8 Å². The van der Waals surface area contributed by atoms with Crippen molar-refractivity contribution < 1.29 is 0 Å². The van der Waals surface area contributed by atoms with Gasteiger partial charge in [0.15, 0.2) is 0 Å². The molecule has 0 saturated carbocycles. The molecule has 0 aromatic rings. The van der Waals surface area contributed by atoms with E-state index in [0.717, 1.165) is 11.2 Å². The number of rotatable bonds is 0. The SMILES string of the molecule is CC1=CSC2CCNCCC12. The van der Waals surface area contributed by atoms with Crippen LogP contribution >= 0.6 is 11.8 Å². The van der Waals surface area contributed by atoms with E-state index in [1.807, 2.05) is 11.8 Å². The van der Waals surface area contributed by atoms with E-state index in [1.165, 1.54) is 25.9 Å². The average molecular weight is 169 g/mol. The molecule has 11 heavy (non-hydrogen) atoms. The van der Waals surface area contributed by atoms with Gasteiger partial charge in [0, 0.05) is 5.25 Å². The molecule has 0 aromatic heterocycles. The molecule has 2 heteroatoms. The van der Waals surface area contributed by atoms with Crippen molar-refractivity contribution in [1.29, 1.82) is 0 Å². The first-order valence-corrected chi connectivity index (χ1v) is 5.35. The first-order chi connectivity index (χ1) is 5.38. The molecule has 0 radical (unpaired) electrons. The van der Waals surface area contributed by atoms with Crippen molar-refractivity contribution in [1.82, 2.24) is 5.32 Å². The molecule has 2 aliphatic heterocycles. The van der Waals surface area contributed by atoms with E-state index in [4.69, 9.17) is 0 Å². The predicted octanol–water partition coefficient (Wildman–Crippen LogP) is 2.01. The molecule has 2 rings (SSSR count). The van der Waals surface area contributed by atoms with E-state index < -0.39 is 0 Å². The lowest BCUT2D eigenvalue weighted by molar-refractivity contribution is 0.569. The number of hydrogen-bond acceptors (Lipinski definition) is 2. The first-order valence-electron chi connectivity index (χ1n) is 4.41. The summed E-state index contributed by atoms with van der Waals surface area (Å²) in [6.45, 7) is 4.71. The summed E-state index contributed by atoms with van der Waals surface area (Å²) in [5, 5.41) is 6.71. The smallest absolute Gasteiger partial charge is 0.0167 e. The van der Waals surface area contributed by atoms with Crippen molar-refractivity contribution >= 4 is 11.8 Å². The summed E-state index contributed by atoms with van der Waals surface area (Å²) in [6.07, 6.45) is 2.70. The van der Waals surface area contributed by atoms with E-state index in [9.17, 15) is 0 Å². The maximum Gasteiger partial charge on any atom is 0.0167 e. The molecule has 0 aliphatic carbocycles. The van der Waals surface area contributed by atoms with Crippen LogP contribution in [0, 0.1) is 5.92 Å². The highest BCUT2D eigenvalue weighted by molar-refractivity contribution is 8.03. The van der Waals surface area contributed by atoms with Gasteiger partial charge in [0.25, 0.3) is 0 Å². The van der Waals surface area contributed by atoms with Crippen LogP contribution < -0.4 is 5.32 Å². The molecular formula is C9H15NS. The molecule has 2 unspecified atom stereocenters. The van der Waals surface area contributed by atoms with E-state index in [2.05, 4.69) is 17.6 Å². The van der Waals surface area contributed by atoms with Crippen molar-refractivity contribution in [3.05, 3.63) is 11.0 Å². The van der Waals surface area contributed by atoms with E-state index >= 15 is 0 Å². The molecular weight excluding hydrogens is 154 g/mol. The third-order valence-electron chi connectivity index (χ3n) is 2.70. The summed E-state index contributed by atoms with van der Waals surface area (Å²) in [4.78, 5) is 0. The van der Waals surface area contributed by atoms with Crippen LogP contribution in [0.15, 0.2) is 11.0 Å². The Morgan fingerprint density at radius 2 is 2.27 bits per heavy atom. The molecule has 2 atom stereocenters. The molecule has 0 amide bonds. The van der Waals surface area contributed by atoms with Gasteiger partial charge >= 0.3 is 0 Å². The lowest BCUT2D eigenvalue weighted by Gasteiger charge is -2.15. The Labute approximate surface area is 72.6 Å². The van der Waals surface area contributed by atoms with Crippen LogP contribution in [0.2, 0.25) is 0 Å². The Kier molecular flexibility index (Phi) is 2.23. The van der Waals surface area contributed by atoms with E-state index in [1.54, 1.807) is 5.57 Å². The minimum Gasteiger partial charge on any atom is -0.317 e. The molecule has 1 nitrogen and oxygen atoms in total.